The maximum atomic E-state index is 14.2. The van der Waals surface area contributed by atoms with E-state index in [1.54, 1.807) is 56.2 Å². The predicted octanol–water partition coefficient (Wildman–Crippen LogP) is 2.17. The first-order valence-electron chi connectivity index (χ1n) is 16.1. The molecule has 0 spiro atoms. The summed E-state index contributed by atoms with van der Waals surface area (Å²) in [5.41, 5.74) is 2.19. The van der Waals surface area contributed by atoms with Crippen LogP contribution >= 0.6 is 0 Å². The van der Waals surface area contributed by atoms with Crippen LogP contribution in [0.2, 0.25) is 0 Å². The summed E-state index contributed by atoms with van der Waals surface area (Å²) < 4.78 is 62.0. The minimum atomic E-state index is -3.87. The number of quaternary nitrogens is 1. The number of nitrogens with zero attached hydrogens (tertiary/aromatic N) is 2. The van der Waals surface area contributed by atoms with E-state index < -0.39 is 45.8 Å². The number of hydrogen-bond acceptors (Lipinski definition) is 6. The molecule has 3 aromatic rings. The van der Waals surface area contributed by atoms with E-state index in [4.69, 9.17) is 4.74 Å². The first kappa shape index (κ1) is 35.6. The van der Waals surface area contributed by atoms with E-state index in [2.05, 4.69) is 5.32 Å². The van der Waals surface area contributed by atoms with Gasteiger partial charge in [0.15, 0.2) is 0 Å². The van der Waals surface area contributed by atoms with Gasteiger partial charge in [-0.15, -0.1) is 0 Å². The van der Waals surface area contributed by atoms with Gasteiger partial charge in [0.25, 0.3) is 11.8 Å². The summed E-state index contributed by atoms with van der Waals surface area (Å²) in [4.78, 5) is 29.2. The predicted molar refractivity (Wildman–Crippen MR) is 175 cm³/mol. The molecule has 0 saturated carbocycles. The number of halogens is 2. The summed E-state index contributed by atoms with van der Waals surface area (Å²) in [5.74, 6) is -2.42. The Hall–Kier alpha value is -3.75. The highest BCUT2D eigenvalue weighted by molar-refractivity contribution is 7.89. The average molecular weight is 686 g/mol. The molecule has 10 nitrogen and oxygen atoms in total. The number of aliphatic hydroxyl groups is 1. The number of nitrogens with two attached hydrogens (primary N) is 1. The molecule has 5 rings (SSSR count). The van der Waals surface area contributed by atoms with Crippen LogP contribution in [0.15, 0.2) is 65.6 Å². The van der Waals surface area contributed by atoms with Crippen LogP contribution in [-0.4, -0.2) is 98.7 Å². The molecule has 258 valence electrons. The van der Waals surface area contributed by atoms with Gasteiger partial charge in [-0.25, -0.2) is 17.2 Å². The Morgan fingerprint density at radius 3 is 2.46 bits per heavy atom. The molecule has 0 bridgehead atoms. The molecule has 48 heavy (non-hydrogen) atoms. The lowest BCUT2D eigenvalue weighted by Crippen LogP contribution is -2.98. The number of hydrogen-bond donors (Lipinski definition) is 3. The third-order valence-corrected chi connectivity index (χ3v) is 10.9. The molecule has 4 N–H and O–H groups in total. The first-order valence-corrected chi connectivity index (χ1v) is 17.6. The molecule has 2 saturated heterocycles. The van der Waals surface area contributed by atoms with Crippen molar-refractivity contribution in [2.45, 2.75) is 62.2 Å². The quantitative estimate of drug-likeness (QED) is 0.284. The Morgan fingerprint density at radius 1 is 1.02 bits per heavy atom. The van der Waals surface area contributed by atoms with Gasteiger partial charge >= 0.3 is 0 Å². The molecule has 2 fully saturated rings. The SMILES string of the molecule is COC[C@H]1CCCN1C(=O)c1cc(C)cc(C(=O)N[C@@H](Cc2cc(F)cc(F)c2)[C@H](O)[C@H]2CN(S(=O)(=O)c3cccc(C)c3)CC[NH2+]2)c1. The molecule has 0 radical (unpaired) electrons. The maximum Gasteiger partial charge on any atom is 0.254 e. The van der Waals surface area contributed by atoms with Crippen molar-refractivity contribution in [3.63, 3.8) is 0 Å². The Balaban J connectivity index is 1.40. The number of benzene rings is 3. The Kier molecular flexibility index (Phi) is 11.3. The van der Waals surface area contributed by atoms with E-state index in [-0.39, 0.29) is 47.5 Å². The third kappa shape index (κ3) is 8.27. The molecule has 0 aliphatic carbocycles. The molecule has 2 aliphatic rings. The van der Waals surface area contributed by atoms with E-state index in [0.717, 1.165) is 36.6 Å². The molecule has 13 heteroatoms. The molecule has 0 aromatic heterocycles. The summed E-state index contributed by atoms with van der Waals surface area (Å²) in [6, 6.07) is 12.6. The fourth-order valence-corrected chi connectivity index (χ4v) is 8.28. The number of aryl methyl sites for hydroxylation is 2. The molecule has 3 aromatic carbocycles. The van der Waals surface area contributed by atoms with Crippen molar-refractivity contribution < 1.29 is 41.9 Å². The normalized spacial score (nSPS) is 20.0. The monoisotopic (exact) mass is 685 g/mol. The smallest absolute Gasteiger partial charge is 0.254 e. The van der Waals surface area contributed by atoms with E-state index in [1.807, 2.05) is 5.32 Å². The van der Waals surface area contributed by atoms with Crippen LogP contribution in [-0.2, 0) is 21.2 Å². The summed E-state index contributed by atoms with van der Waals surface area (Å²) >= 11 is 0. The largest absolute Gasteiger partial charge is 0.385 e. The number of piperazine rings is 1. The topological polar surface area (TPSA) is 133 Å². The molecule has 0 unspecified atom stereocenters. The zero-order valence-corrected chi connectivity index (χ0v) is 28.2. The highest BCUT2D eigenvalue weighted by Crippen LogP contribution is 2.23. The zero-order chi connectivity index (χ0) is 34.6. The number of nitrogens with one attached hydrogen (secondary N) is 1. The molecule has 4 atom stereocenters. The van der Waals surface area contributed by atoms with Gasteiger partial charge in [-0.3, -0.25) is 9.59 Å². The second-order valence-electron chi connectivity index (χ2n) is 12.8. The highest BCUT2D eigenvalue weighted by Gasteiger charge is 2.39. The van der Waals surface area contributed by atoms with Crippen LogP contribution in [0.25, 0.3) is 0 Å². The number of carbonyl (C=O) groups excluding carboxylic acids is 2. The van der Waals surface area contributed by atoms with E-state index in [9.17, 15) is 31.9 Å². The number of ether oxygens (including phenoxy) is 1. The van der Waals surface area contributed by atoms with Gasteiger partial charge < -0.3 is 25.4 Å². The van der Waals surface area contributed by atoms with Gasteiger partial charge in [0.1, 0.15) is 23.8 Å². The summed E-state index contributed by atoms with van der Waals surface area (Å²) in [5, 5.41) is 16.4. The molecule has 2 amide bonds. The second kappa shape index (κ2) is 15.2. The number of amides is 2. The van der Waals surface area contributed by atoms with Crippen LogP contribution in [0.4, 0.5) is 8.78 Å². The molecular weight excluding hydrogens is 642 g/mol. The van der Waals surface area contributed by atoms with Crippen molar-refractivity contribution in [1.82, 2.24) is 14.5 Å². The fraction of sp³-hybridized carbons (Fsp3) is 0.429. The zero-order valence-electron chi connectivity index (χ0n) is 27.4. The van der Waals surface area contributed by atoms with Gasteiger partial charge in [0, 0.05) is 30.8 Å². The van der Waals surface area contributed by atoms with Crippen LogP contribution in [0, 0.1) is 25.5 Å². The number of rotatable bonds is 11. The average Bonchev–Trinajstić information content (AvgIpc) is 3.51. The lowest BCUT2D eigenvalue weighted by Gasteiger charge is -2.35. The van der Waals surface area contributed by atoms with Gasteiger partial charge in [-0.2, -0.15) is 4.31 Å². The number of carbonyl (C=O) groups is 2. The van der Waals surface area contributed by atoms with Crippen molar-refractivity contribution in [1.29, 1.82) is 0 Å². The van der Waals surface area contributed by atoms with Crippen molar-refractivity contribution in [2.24, 2.45) is 0 Å². The second-order valence-corrected chi connectivity index (χ2v) is 14.7. The first-order chi connectivity index (χ1) is 22.8. The lowest BCUT2D eigenvalue weighted by molar-refractivity contribution is -0.703. The maximum absolute atomic E-state index is 14.2. The molecule has 2 heterocycles. The molecular formula is C35H43F2N4O6S+. The van der Waals surface area contributed by atoms with Crippen molar-refractivity contribution in [2.75, 3.05) is 39.9 Å². The van der Waals surface area contributed by atoms with Crippen LogP contribution in [0.3, 0.4) is 0 Å². The van der Waals surface area contributed by atoms with Crippen LogP contribution in [0.1, 0.15) is 50.2 Å². The van der Waals surface area contributed by atoms with Crippen molar-refractivity contribution in [3.05, 3.63) is 100 Å². The fourth-order valence-electron chi connectivity index (χ4n) is 6.69. The van der Waals surface area contributed by atoms with Crippen LogP contribution in [0.5, 0.6) is 0 Å². The van der Waals surface area contributed by atoms with Crippen LogP contribution < -0.4 is 10.6 Å². The number of sulfonamides is 1. The minimum absolute atomic E-state index is 0.0527. The number of aliphatic hydroxyl groups excluding tert-OH is 1. The van der Waals surface area contributed by atoms with Crippen molar-refractivity contribution in [3.8, 4) is 0 Å². The molecule has 2 aliphatic heterocycles. The van der Waals surface area contributed by atoms with Crippen molar-refractivity contribution >= 4 is 21.8 Å². The van der Waals surface area contributed by atoms with Gasteiger partial charge in [-0.05, 0) is 92.3 Å². The van der Waals surface area contributed by atoms with E-state index in [1.165, 1.54) is 16.4 Å². The number of methoxy groups -OCH3 is 1. The summed E-state index contributed by atoms with van der Waals surface area (Å²) in [7, 11) is -2.29. The number of likely N-dealkylation sites (tertiary alicyclic amines) is 1. The standard InChI is InChI=1S/C35H42F2N4O6S/c1-22-6-4-8-30(14-22)48(45,46)40-11-9-38-32(20-40)33(42)31(17-24-15-27(36)19-28(37)16-24)39-34(43)25-12-23(2)13-26(18-25)35(44)41-10-5-7-29(41)21-47-3/h4,6,8,12-16,18-19,29,31-33,38,42H,5,7,9-11,17,20-21H2,1-3H3,(H,39,43)/p+1/t29-,31+,32-,33+/m1/s1. The Morgan fingerprint density at radius 2 is 1.75 bits per heavy atom. The lowest BCUT2D eigenvalue weighted by atomic mass is 9.94. The Bertz CT molecular complexity index is 1740. The van der Waals surface area contributed by atoms with E-state index in [0.29, 0.717) is 30.8 Å². The van der Waals surface area contributed by atoms with Gasteiger partial charge in [0.2, 0.25) is 10.0 Å². The highest BCUT2D eigenvalue weighted by atomic mass is 32.2. The summed E-state index contributed by atoms with van der Waals surface area (Å²) in [6.45, 7) is 5.08. The summed E-state index contributed by atoms with van der Waals surface area (Å²) in [6.07, 6.45) is 0.212. The third-order valence-electron chi connectivity index (χ3n) is 9.02. The minimum Gasteiger partial charge on any atom is -0.385 e. The van der Waals surface area contributed by atoms with E-state index >= 15 is 0 Å². The van der Waals surface area contributed by atoms with Gasteiger partial charge in [0.05, 0.1) is 43.2 Å². The Labute approximate surface area is 280 Å². The van der Waals surface area contributed by atoms with Gasteiger partial charge in [-0.1, -0.05) is 12.1 Å².